The minimum Gasteiger partial charge on any atom is -0.491 e. The first-order valence-corrected chi connectivity index (χ1v) is 13.7. The molecule has 0 saturated heterocycles. The van der Waals surface area contributed by atoms with Gasteiger partial charge in [-0.25, -0.2) is 0 Å². The van der Waals surface area contributed by atoms with Crippen molar-refractivity contribution >= 4 is 10.1 Å². The second-order valence-electron chi connectivity index (χ2n) is 9.12. The molecule has 192 valence electrons. The minimum absolute atomic E-state index is 0.226. The molecule has 2 unspecified atom stereocenters. The van der Waals surface area contributed by atoms with Crippen LogP contribution in [0.15, 0.2) is 24.3 Å². The smallest absolute Gasteiger partial charge is 0.264 e. The third-order valence-corrected chi connectivity index (χ3v) is 6.06. The summed E-state index contributed by atoms with van der Waals surface area (Å²) < 4.78 is 51.8. The van der Waals surface area contributed by atoms with Crippen molar-refractivity contribution in [1.29, 1.82) is 0 Å². The predicted molar refractivity (Wildman–Crippen MR) is 132 cm³/mol. The highest BCUT2D eigenvalue weighted by molar-refractivity contribution is 7.85. The highest BCUT2D eigenvalue weighted by atomic mass is 32.2. The number of rotatable bonds is 20. The van der Waals surface area contributed by atoms with Crippen LogP contribution in [0.2, 0.25) is 0 Å². The van der Waals surface area contributed by atoms with E-state index in [2.05, 4.69) is 39.8 Å². The lowest BCUT2D eigenvalue weighted by Gasteiger charge is -2.19. The van der Waals surface area contributed by atoms with Crippen LogP contribution in [0, 0.1) is 11.8 Å². The van der Waals surface area contributed by atoms with Crippen molar-refractivity contribution in [3.8, 4) is 5.75 Å². The molecule has 8 heteroatoms. The summed E-state index contributed by atoms with van der Waals surface area (Å²) in [6.07, 6.45) is 3.45. The zero-order valence-electron chi connectivity index (χ0n) is 20.8. The summed E-state index contributed by atoms with van der Waals surface area (Å²) in [7, 11) is -3.87. The van der Waals surface area contributed by atoms with Crippen LogP contribution in [-0.2, 0) is 24.3 Å². The number of unbranched alkanes of at least 4 members (excludes halogenated alkanes) is 1. The SMILES string of the molecule is CC(C)CC(C)CC(C)c1ccc(OCCOCCOCCOCCCCS(=O)(=O)O)cc1. The Balaban J connectivity index is 1.99. The van der Waals surface area contributed by atoms with Crippen molar-refractivity contribution in [3.05, 3.63) is 29.8 Å². The van der Waals surface area contributed by atoms with Crippen LogP contribution in [0.1, 0.15) is 64.9 Å². The highest BCUT2D eigenvalue weighted by Gasteiger charge is 2.12. The van der Waals surface area contributed by atoms with Gasteiger partial charge in [0.15, 0.2) is 0 Å². The van der Waals surface area contributed by atoms with Gasteiger partial charge in [0.05, 0.1) is 38.8 Å². The van der Waals surface area contributed by atoms with Crippen molar-refractivity contribution in [1.82, 2.24) is 0 Å². The van der Waals surface area contributed by atoms with Gasteiger partial charge in [-0.05, 0) is 61.1 Å². The maximum Gasteiger partial charge on any atom is 0.264 e. The monoisotopic (exact) mass is 488 g/mol. The molecule has 0 amide bonds. The quantitative estimate of drug-likeness (QED) is 0.205. The van der Waals surface area contributed by atoms with Gasteiger partial charge in [0.1, 0.15) is 12.4 Å². The van der Waals surface area contributed by atoms with E-state index in [0.29, 0.717) is 65.0 Å². The molecule has 0 spiro atoms. The Hall–Kier alpha value is -1.19. The number of hydrogen-bond acceptors (Lipinski definition) is 6. The van der Waals surface area contributed by atoms with Gasteiger partial charge >= 0.3 is 0 Å². The average Bonchev–Trinajstić information content (AvgIpc) is 2.73. The van der Waals surface area contributed by atoms with E-state index in [-0.39, 0.29) is 5.75 Å². The lowest BCUT2D eigenvalue weighted by molar-refractivity contribution is 0.00896. The fourth-order valence-electron chi connectivity index (χ4n) is 3.78. The summed E-state index contributed by atoms with van der Waals surface area (Å²) in [6.45, 7) is 12.5. The van der Waals surface area contributed by atoms with E-state index in [1.54, 1.807) is 0 Å². The fraction of sp³-hybridized carbons (Fsp3) is 0.760. The second-order valence-corrected chi connectivity index (χ2v) is 10.7. The Morgan fingerprint density at radius 3 is 1.85 bits per heavy atom. The van der Waals surface area contributed by atoms with Crippen LogP contribution in [-0.4, -0.2) is 65.0 Å². The second kappa shape index (κ2) is 17.3. The molecule has 2 atom stereocenters. The highest BCUT2D eigenvalue weighted by Crippen LogP contribution is 2.27. The van der Waals surface area contributed by atoms with Gasteiger partial charge in [0, 0.05) is 6.61 Å². The van der Waals surface area contributed by atoms with Crippen molar-refractivity contribution < 1.29 is 31.9 Å². The molecule has 1 N–H and O–H groups in total. The molecule has 7 nitrogen and oxygen atoms in total. The van der Waals surface area contributed by atoms with Gasteiger partial charge in [0.25, 0.3) is 10.1 Å². The molecule has 0 aliphatic carbocycles. The molecule has 33 heavy (non-hydrogen) atoms. The molecule has 0 heterocycles. The molecule has 1 aromatic carbocycles. The maximum atomic E-state index is 10.6. The molecule has 0 radical (unpaired) electrons. The van der Waals surface area contributed by atoms with E-state index in [4.69, 9.17) is 23.5 Å². The summed E-state index contributed by atoms with van der Waals surface area (Å²) in [5.41, 5.74) is 1.36. The molecular weight excluding hydrogens is 444 g/mol. The molecule has 0 aromatic heterocycles. The molecule has 0 fully saturated rings. The largest absolute Gasteiger partial charge is 0.491 e. The van der Waals surface area contributed by atoms with Gasteiger partial charge in [-0.3, -0.25) is 4.55 Å². The molecule has 1 rings (SSSR count). The van der Waals surface area contributed by atoms with E-state index >= 15 is 0 Å². The Labute approximate surface area is 200 Å². The van der Waals surface area contributed by atoms with Gasteiger partial charge in [-0.15, -0.1) is 0 Å². The van der Waals surface area contributed by atoms with E-state index < -0.39 is 10.1 Å². The third kappa shape index (κ3) is 17.0. The first-order valence-electron chi connectivity index (χ1n) is 12.1. The summed E-state index contributed by atoms with van der Waals surface area (Å²) in [6, 6.07) is 8.39. The normalized spacial score (nSPS) is 13.9. The summed E-state index contributed by atoms with van der Waals surface area (Å²) in [5.74, 6) is 2.66. The zero-order chi connectivity index (χ0) is 24.5. The molecule has 0 saturated carbocycles. The molecule has 0 aliphatic rings. The lowest BCUT2D eigenvalue weighted by Crippen LogP contribution is -2.13. The Bertz CT molecular complexity index is 704. The van der Waals surface area contributed by atoms with Crippen LogP contribution < -0.4 is 4.74 Å². The van der Waals surface area contributed by atoms with Crippen LogP contribution in [0.4, 0.5) is 0 Å². The van der Waals surface area contributed by atoms with Gasteiger partial charge in [0.2, 0.25) is 0 Å². The summed E-state index contributed by atoms with van der Waals surface area (Å²) >= 11 is 0. The van der Waals surface area contributed by atoms with E-state index in [1.165, 1.54) is 18.4 Å². The molecule has 0 bridgehead atoms. The Kier molecular flexibility index (Phi) is 15.6. The topological polar surface area (TPSA) is 91.3 Å². The van der Waals surface area contributed by atoms with Crippen LogP contribution in [0.25, 0.3) is 0 Å². The minimum atomic E-state index is -3.87. The van der Waals surface area contributed by atoms with Crippen molar-refractivity contribution in [3.63, 3.8) is 0 Å². The average molecular weight is 489 g/mol. The van der Waals surface area contributed by atoms with Gasteiger partial charge in [-0.2, -0.15) is 8.42 Å². The van der Waals surface area contributed by atoms with Gasteiger partial charge < -0.3 is 18.9 Å². The molecule has 1 aromatic rings. The van der Waals surface area contributed by atoms with E-state index in [9.17, 15) is 8.42 Å². The van der Waals surface area contributed by atoms with Crippen molar-refractivity contribution in [2.75, 3.05) is 52.0 Å². The first-order chi connectivity index (χ1) is 15.7. The Morgan fingerprint density at radius 1 is 0.758 bits per heavy atom. The maximum absolute atomic E-state index is 10.6. The van der Waals surface area contributed by atoms with Crippen LogP contribution in [0.3, 0.4) is 0 Å². The number of benzene rings is 1. The summed E-state index contributed by atoms with van der Waals surface area (Å²) in [4.78, 5) is 0. The predicted octanol–water partition coefficient (Wildman–Crippen LogP) is 4.96. The van der Waals surface area contributed by atoms with Crippen molar-refractivity contribution in [2.45, 2.75) is 59.3 Å². The Morgan fingerprint density at radius 2 is 1.30 bits per heavy atom. The van der Waals surface area contributed by atoms with E-state index in [0.717, 1.165) is 17.6 Å². The van der Waals surface area contributed by atoms with Crippen LogP contribution in [0.5, 0.6) is 5.75 Å². The number of hydrogen-bond donors (Lipinski definition) is 1. The van der Waals surface area contributed by atoms with E-state index in [1.807, 2.05) is 12.1 Å². The first kappa shape index (κ1) is 29.8. The van der Waals surface area contributed by atoms with Crippen LogP contribution >= 0.6 is 0 Å². The van der Waals surface area contributed by atoms with Crippen molar-refractivity contribution in [2.24, 2.45) is 11.8 Å². The molecular formula is C25H44O7S. The molecule has 0 aliphatic heterocycles. The van der Waals surface area contributed by atoms with Gasteiger partial charge in [-0.1, -0.05) is 39.8 Å². The fourth-order valence-corrected chi connectivity index (χ4v) is 4.35. The number of ether oxygens (including phenoxy) is 4. The zero-order valence-corrected chi connectivity index (χ0v) is 21.6. The third-order valence-electron chi connectivity index (χ3n) is 5.26. The standard InChI is InChI=1S/C25H44O7S/c1-21(2)19-22(3)20-23(4)24-7-9-25(10-8-24)32-17-16-31-15-14-30-13-12-29-11-5-6-18-33(26,27)28/h7-10,21-23H,5-6,11-20H2,1-4H3,(H,26,27,28). The lowest BCUT2D eigenvalue weighted by atomic mass is 9.87. The summed E-state index contributed by atoms with van der Waals surface area (Å²) in [5, 5.41) is 0.